The SMILES string of the molecule is COC(=O)c1cn(CCCCn2ccnn2)nn1. The van der Waals surface area contributed by atoms with Crippen LogP contribution in [0.5, 0.6) is 0 Å². The van der Waals surface area contributed by atoms with Crippen LogP contribution in [0.2, 0.25) is 0 Å². The molecule has 2 aromatic heterocycles. The Kier molecular flexibility index (Phi) is 4.00. The van der Waals surface area contributed by atoms with Gasteiger partial charge in [-0.05, 0) is 12.8 Å². The molecule has 96 valence electrons. The Hall–Kier alpha value is -2.25. The zero-order valence-corrected chi connectivity index (χ0v) is 10.1. The van der Waals surface area contributed by atoms with Crippen LogP contribution in [-0.4, -0.2) is 43.1 Å². The zero-order chi connectivity index (χ0) is 12.8. The normalized spacial score (nSPS) is 10.5. The first-order valence-corrected chi connectivity index (χ1v) is 5.62. The summed E-state index contributed by atoms with van der Waals surface area (Å²) in [7, 11) is 1.32. The summed E-state index contributed by atoms with van der Waals surface area (Å²) in [5.41, 5.74) is 0.230. The molecule has 18 heavy (non-hydrogen) atoms. The summed E-state index contributed by atoms with van der Waals surface area (Å²) in [5.74, 6) is -0.469. The van der Waals surface area contributed by atoms with E-state index in [9.17, 15) is 4.79 Å². The minimum Gasteiger partial charge on any atom is -0.464 e. The van der Waals surface area contributed by atoms with Gasteiger partial charge in [-0.2, -0.15) is 0 Å². The number of aryl methyl sites for hydroxylation is 2. The Bertz CT molecular complexity index is 492. The first kappa shape index (κ1) is 12.2. The Morgan fingerprint density at radius 1 is 1.28 bits per heavy atom. The molecule has 8 heteroatoms. The molecule has 0 saturated carbocycles. The molecule has 8 nitrogen and oxygen atoms in total. The predicted octanol–water partition coefficient (Wildman–Crippen LogP) is 0.137. The number of hydrogen-bond donors (Lipinski definition) is 0. The van der Waals surface area contributed by atoms with Gasteiger partial charge in [0.2, 0.25) is 0 Å². The number of carbonyl (C=O) groups excluding carboxylic acids is 1. The maximum Gasteiger partial charge on any atom is 0.360 e. The van der Waals surface area contributed by atoms with Crippen molar-refractivity contribution in [3.8, 4) is 0 Å². The zero-order valence-electron chi connectivity index (χ0n) is 10.1. The number of ether oxygens (including phenoxy) is 1. The molecule has 2 heterocycles. The van der Waals surface area contributed by atoms with Gasteiger partial charge in [0.25, 0.3) is 0 Å². The van der Waals surface area contributed by atoms with Gasteiger partial charge in [-0.15, -0.1) is 10.2 Å². The van der Waals surface area contributed by atoms with Crippen LogP contribution in [0.15, 0.2) is 18.6 Å². The Labute approximate surface area is 104 Å². The third kappa shape index (κ3) is 3.12. The molecule has 0 aliphatic rings. The lowest BCUT2D eigenvalue weighted by Gasteiger charge is -2.00. The minimum atomic E-state index is -0.469. The predicted molar refractivity (Wildman–Crippen MR) is 60.6 cm³/mol. The van der Waals surface area contributed by atoms with Crippen molar-refractivity contribution in [3.05, 3.63) is 24.3 Å². The summed E-state index contributed by atoms with van der Waals surface area (Å²) in [6, 6.07) is 0. The summed E-state index contributed by atoms with van der Waals surface area (Å²) >= 11 is 0. The molecule has 2 aromatic rings. The van der Waals surface area contributed by atoms with Crippen molar-refractivity contribution in [1.82, 2.24) is 30.0 Å². The van der Waals surface area contributed by atoms with Crippen molar-refractivity contribution in [2.24, 2.45) is 0 Å². The van der Waals surface area contributed by atoms with E-state index in [2.05, 4.69) is 25.4 Å². The van der Waals surface area contributed by atoms with Crippen molar-refractivity contribution >= 4 is 5.97 Å². The highest BCUT2D eigenvalue weighted by atomic mass is 16.5. The standard InChI is InChI=1S/C10H14N6O2/c1-18-10(17)9-8-16(14-12-9)6-3-2-5-15-7-4-11-13-15/h4,7-8H,2-3,5-6H2,1H3. The lowest BCUT2D eigenvalue weighted by atomic mass is 10.3. The van der Waals surface area contributed by atoms with Gasteiger partial charge in [0, 0.05) is 19.3 Å². The van der Waals surface area contributed by atoms with Crippen LogP contribution in [0.3, 0.4) is 0 Å². The first-order chi connectivity index (χ1) is 8.79. The molecule has 0 radical (unpaired) electrons. The van der Waals surface area contributed by atoms with Gasteiger partial charge >= 0.3 is 5.97 Å². The lowest BCUT2D eigenvalue weighted by molar-refractivity contribution is 0.0594. The number of rotatable bonds is 6. The van der Waals surface area contributed by atoms with Crippen molar-refractivity contribution < 1.29 is 9.53 Å². The Balaban J connectivity index is 1.73. The second-order valence-electron chi connectivity index (χ2n) is 3.73. The van der Waals surface area contributed by atoms with Gasteiger partial charge in [0.1, 0.15) is 0 Å². The Morgan fingerprint density at radius 3 is 2.72 bits per heavy atom. The van der Waals surface area contributed by atoms with Crippen molar-refractivity contribution in [1.29, 1.82) is 0 Å². The lowest BCUT2D eigenvalue weighted by Crippen LogP contribution is -2.03. The van der Waals surface area contributed by atoms with Crippen LogP contribution < -0.4 is 0 Å². The molecule has 2 rings (SSSR count). The van der Waals surface area contributed by atoms with Crippen LogP contribution in [0.4, 0.5) is 0 Å². The number of hydrogen-bond acceptors (Lipinski definition) is 6. The van der Waals surface area contributed by atoms with E-state index in [1.165, 1.54) is 7.11 Å². The number of unbranched alkanes of at least 4 members (excludes halogenated alkanes) is 1. The molecular weight excluding hydrogens is 236 g/mol. The molecule has 0 atom stereocenters. The summed E-state index contributed by atoms with van der Waals surface area (Å²) in [6.07, 6.45) is 6.94. The molecule has 0 spiro atoms. The fourth-order valence-corrected chi connectivity index (χ4v) is 1.51. The fourth-order valence-electron chi connectivity index (χ4n) is 1.51. The largest absolute Gasteiger partial charge is 0.464 e. The average molecular weight is 250 g/mol. The van der Waals surface area contributed by atoms with Gasteiger partial charge in [0.15, 0.2) is 5.69 Å². The molecule has 0 amide bonds. The summed E-state index contributed by atoms with van der Waals surface area (Å²) in [5, 5.41) is 15.2. The highest BCUT2D eigenvalue weighted by molar-refractivity contribution is 5.86. The number of aromatic nitrogens is 6. The maximum atomic E-state index is 11.2. The number of carbonyl (C=O) groups is 1. The van der Waals surface area contributed by atoms with E-state index in [0.717, 1.165) is 19.4 Å². The van der Waals surface area contributed by atoms with Crippen LogP contribution in [-0.2, 0) is 17.8 Å². The van der Waals surface area contributed by atoms with E-state index < -0.39 is 5.97 Å². The van der Waals surface area contributed by atoms with Crippen LogP contribution in [0.1, 0.15) is 23.3 Å². The highest BCUT2D eigenvalue weighted by Crippen LogP contribution is 1.99. The fraction of sp³-hybridized carbons (Fsp3) is 0.500. The smallest absolute Gasteiger partial charge is 0.360 e. The van der Waals surface area contributed by atoms with E-state index >= 15 is 0 Å². The molecule has 0 unspecified atom stereocenters. The highest BCUT2D eigenvalue weighted by Gasteiger charge is 2.09. The summed E-state index contributed by atoms with van der Waals surface area (Å²) in [4.78, 5) is 11.2. The molecule has 0 N–H and O–H groups in total. The average Bonchev–Trinajstić information content (AvgIpc) is 3.05. The van der Waals surface area contributed by atoms with E-state index in [1.807, 2.05) is 6.20 Å². The van der Waals surface area contributed by atoms with Crippen molar-refractivity contribution in [3.63, 3.8) is 0 Å². The number of methoxy groups -OCH3 is 1. The molecule has 0 bridgehead atoms. The first-order valence-electron chi connectivity index (χ1n) is 5.62. The van der Waals surface area contributed by atoms with E-state index in [4.69, 9.17) is 0 Å². The van der Waals surface area contributed by atoms with Crippen LogP contribution in [0.25, 0.3) is 0 Å². The van der Waals surface area contributed by atoms with Gasteiger partial charge < -0.3 is 4.74 Å². The monoisotopic (exact) mass is 250 g/mol. The Morgan fingerprint density at radius 2 is 2.06 bits per heavy atom. The second kappa shape index (κ2) is 5.89. The summed E-state index contributed by atoms with van der Waals surface area (Å²) < 4.78 is 7.96. The van der Waals surface area contributed by atoms with Gasteiger partial charge in [-0.1, -0.05) is 10.4 Å². The van der Waals surface area contributed by atoms with Gasteiger partial charge in [-0.3, -0.25) is 9.36 Å². The van der Waals surface area contributed by atoms with Gasteiger partial charge in [0.05, 0.1) is 19.5 Å². The molecule has 0 fully saturated rings. The minimum absolute atomic E-state index is 0.230. The van der Waals surface area contributed by atoms with Crippen LogP contribution in [0, 0.1) is 0 Å². The number of nitrogens with zero attached hydrogens (tertiary/aromatic N) is 6. The van der Waals surface area contributed by atoms with Crippen molar-refractivity contribution in [2.75, 3.05) is 7.11 Å². The quantitative estimate of drug-likeness (QED) is 0.535. The molecule has 0 aliphatic carbocycles. The van der Waals surface area contributed by atoms with E-state index in [1.54, 1.807) is 21.8 Å². The summed E-state index contributed by atoms with van der Waals surface area (Å²) in [6.45, 7) is 1.53. The molecule has 0 saturated heterocycles. The van der Waals surface area contributed by atoms with E-state index in [0.29, 0.717) is 6.54 Å². The van der Waals surface area contributed by atoms with Crippen molar-refractivity contribution in [2.45, 2.75) is 25.9 Å². The maximum absolute atomic E-state index is 11.2. The molecular formula is C10H14N6O2. The second-order valence-corrected chi connectivity index (χ2v) is 3.73. The third-order valence-electron chi connectivity index (χ3n) is 2.43. The number of esters is 1. The molecule has 0 aromatic carbocycles. The topological polar surface area (TPSA) is 87.7 Å². The molecule has 0 aliphatic heterocycles. The van der Waals surface area contributed by atoms with Gasteiger partial charge in [-0.25, -0.2) is 4.79 Å². The van der Waals surface area contributed by atoms with Crippen LogP contribution >= 0.6 is 0 Å². The third-order valence-corrected chi connectivity index (χ3v) is 2.43. The van der Waals surface area contributed by atoms with E-state index in [-0.39, 0.29) is 5.69 Å².